The van der Waals surface area contributed by atoms with Crippen molar-refractivity contribution in [3.8, 4) is 0 Å². The minimum atomic E-state index is -0.218. The summed E-state index contributed by atoms with van der Waals surface area (Å²) in [7, 11) is 0. The van der Waals surface area contributed by atoms with Gasteiger partial charge >= 0.3 is 0 Å². The first kappa shape index (κ1) is 11.7. The molecule has 2 aromatic carbocycles. The van der Waals surface area contributed by atoms with Gasteiger partial charge in [0.05, 0.1) is 5.92 Å². The van der Waals surface area contributed by atoms with Crippen LogP contribution in [0, 0.1) is 0 Å². The molecule has 3 heteroatoms. The third-order valence-corrected chi connectivity index (χ3v) is 2.89. The van der Waals surface area contributed by atoms with E-state index in [1.165, 1.54) is 0 Å². The van der Waals surface area contributed by atoms with E-state index in [9.17, 15) is 0 Å². The zero-order valence-corrected chi connectivity index (χ0v) is 9.88. The summed E-state index contributed by atoms with van der Waals surface area (Å²) in [5.74, 6) is -0.218. The molecule has 0 radical (unpaired) electrons. The van der Waals surface area contributed by atoms with Gasteiger partial charge in [-0.15, -0.1) is 0 Å². The number of hydrogen-bond donors (Lipinski definition) is 1. The Bertz CT molecular complexity index is 457. The van der Waals surface area contributed by atoms with Crippen LogP contribution in [0.1, 0.15) is 17.0 Å². The van der Waals surface area contributed by atoms with Crippen LogP contribution in [-0.2, 0) is 0 Å². The van der Waals surface area contributed by atoms with Crippen LogP contribution in [0.4, 0.5) is 0 Å². The van der Waals surface area contributed by atoms with E-state index in [0.717, 1.165) is 11.1 Å². The Morgan fingerprint density at radius 2 is 1.29 bits per heavy atom. The van der Waals surface area contributed by atoms with Crippen molar-refractivity contribution in [3.05, 3.63) is 71.8 Å². The van der Waals surface area contributed by atoms with Crippen molar-refractivity contribution in [2.45, 2.75) is 5.92 Å². The molecule has 0 aliphatic heterocycles. The highest BCUT2D eigenvalue weighted by Crippen LogP contribution is 2.27. The maximum Gasteiger partial charge on any atom is 0.157 e. The molecule has 0 atom stereocenters. The fraction of sp³-hybridized carbons (Fsp3) is 0.0714. The van der Waals surface area contributed by atoms with Gasteiger partial charge in [-0.3, -0.25) is 0 Å². The van der Waals surface area contributed by atoms with Crippen LogP contribution < -0.4 is 0 Å². The highest BCUT2D eigenvalue weighted by molar-refractivity contribution is 6.66. The number of nitrogens with zero attached hydrogens (tertiary/aromatic N) is 1. The number of benzene rings is 2. The molecule has 17 heavy (non-hydrogen) atoms. The molecule has 0 amide bonds. The first-order valence-corrected chi connectivity index (χ1v) is 5.68. The molecule has 2 rings (SSSR count). The van der Waals surface area contributed by atoms with Gasteiger partial charge in [0.1, 0.15) is 0 Å². The summed E-state index contributed by atoms with van der Waals surface area (Å²) in [6.07, 6.45) is 0. The molecular weight excluding hydrogens is 234 g/mol. The fourth-order valence-corrected chi connectivity index (χ4v) is 2.07. The van der Waals surface area contributed by atoms with E-state index >= 15 is 0 Å². The molecule has 86 valence electrons. The molecule has 0 fully saturated rings. The smallest absolute Gasteiger partial charge is 0.157 e. The minimum Gasteiger partial charge on any atom is -0.410 e. The standard InChI is InChI=1S/C14H12ClNO/c15-14(16-17)13(11-7-3-1-4-8-11)12-9-5-2-6-10-12/h1-10,13,17H/b16-14-. The largest absolute Gasteiger partial charge is 0.410 e. The van der Waals surface area contributed by atoms with Crippen molar-refractivity contribution in [2.24, 2.45) is 5.16 Å². The van der Waals surface area contributed by atoms with Crippen molar-refractivity contribution < 1.29 is 5.21 Å². The summed E-state index contributed by atoms with van der Waals surface area (Å²) in [4.78, 5) is 0. The Morgan fingerprint density at radius 3 is 1.65 bits per heavy atom. The van der Waals surface area contributed by atoms with Gasteiger partial charge in [-0.2, -0.15) is 0 Å². The molecule has 2 nitrogen and oxygen atoms in total. The van der Waals surface area contributed by atoms with Gasteiger partial charge in [-0.25, -0.2) is 0 Å². The van der Waals surface area contributed by atoms with Crippen LogP contribution in [0.5, 0.6) is 0 Å². The van der Waals surface area contributed by atoms with E-state index in [1.807, 2.05) is 60.7 Å². The Balaban J connectivity index is 2.47. The SMILES string of the molecule is O/N=C(\Cl)C(c1ccccc1)c1ccccc1. The average molecular weight is 246 g/mol. The molecule has 0 saturated carbocycles. The quantitative estimate of drug-likeness (QED) is 0.497. The van der Waals surface area contributed by atoms with Gasteiger partial charge in [0, 0.05) is 0 Å². The summed E-state index contributed by atoms with van der Waals surface area (Å²) >= 11 is 6.00. The normalized spacial score (nSPS) is 11.8. The van der Waals surface area contributed by atoms with Gasteiger partial charge in [0.2, 0.25) is 0 Å². The first-order valence-electron chi connectivity index (χ1n) is 5.30. The third kappa shape index (κ3) is 2.66. The van der Waals surface area contributed by atoms with Crippen molar-refractivity contribution in [3.63, 3.8) is 0 Å². The maximum atomic E-state index is 8.88. The lowest BCUT2D eigenvalue weighted by Gasteiger charge is -2.15. The molecule has 0 saturated heterocycles. The van der Waals surface area contributed by atoms with Crippen molar-refractivity contribution in [2.75, 3.05) is 0 Å². The zero-order valence-electron chi connectivity index (χ0n) is 9.12. The first-order chi connectivity index (χ1) is 8.33. The lowest BCUT2D eigenvalue weighted by molar-refractivity contribution is 0.319. The molecule has 0 aliphatic rings. The number of halogens is 1. The number of rotatable bonds is 3. The van der Waals surface area contributed by atoms with E-state index in [-0.39, 0.29) is 11.1 Å². The second-order valence-corrected chi connectivity index (χ2v) is 4.06. The third-order valence-electron chi connectivity index (χ3n) is 2.60. The molecule has 0 aliphatic carbocycles. The van der Waals surface area contributed by atoms with Crippen LogP contribution >= 0.6 is 11.6 Å². The highest BCUT2D eigenvalue weighted by atomic mass is 35.5. The summed E-state index contributed by atoms with van der Waals surface area (Å²) in [5, 5.41) is 12.2. The number of hydrogen-bond acceptors (Lipinski definition) is 2. The Morgan fingerprint density at radius 1 is 0.882 bits per heavy atom. The predicted molar refractivity (Wildman–Crippen MR) is 69.8 cm³/mol. The zero-order chi connectivity index (χ0) is 12.1. The van der Waals surface area contributed by atoms with E-state index < -0.39 is 0 Å². The van der Waals surface area contributed by atoms with E-state index in [2.05, 4.69) is 5.16 Å². The minimum absolute atomic E-state index is 0.169. The van der Waals surface area contributed by atoms with Crippen LogP contribution in [-0.4, -0.2) is 10.4 Å². The molecular formula is C14H12ClNO. The molecule has 0 bridgehead atoms. The monoisotopic (exact) mass is 245 g/mol. The van der Waals surface area contributed by atoms with Gasteiger partial charge in [0.25, 0.3) is 0 Å². The van der Waals surface area contributed by atoms with Crippen LogP contribution in [0.2, 0.25) is 0 Å². The Hall–Kier alpha value is -1.80. The topological polar surface area (TPSA) is 32.6 Å². The Labute approximate surface area is 105 Å². The number of oxime groups is 1. The lowest BCUT2D eigenvalue weighted by Crippen LogP contribution is -2.08. The predicted octanol–water partition coefficient (Wildman–Crippen LogP) is 3.85. The van der Waals surface area contributed by atoms with Gasteiger partial charge in [-0.05, 0) is 11.1 Å². The second kappa shape index (κ2) is 5.51. The van der Waals surface area contributed by atoms with Crippen molar-refractivity contribution in [1.82, 2.24) is 0 Å². The molecule has 0 heterocycles. The summed E-state index contributed by atoms with van der Waals surface area (Å²) in [6, 6.07) is 19.5. The van der Waals surface area contributed by atoms with Crippen LogP contribution in [0.3, 0.4) is 0 Å². The molecule has 0 aromatic heterocycles. The highest BCUT2D eigenvalue weighted by Gasteiger charge is 2.19. The fourth-order valence-electron chi connectivity index (χ4n) is 1.82. The molecule has 2 aromatic rings. The van der Waals surface area contributed by atoms with E-state index in [0.29, 0.717) is 0 Å². The lowest BCUT2D eigenvalue weighted by atomic mass is 9.92. The van der Waals surface area contributed by atoms with Crippen LogP contribution in [0.25, 0.3) is 0 Å². The molecule has 1 N–H and O–H groups in total. The second-order valence-electron chi connectivity index (χ2n) is 3.68. The van der Waals surface area contributed by atoms with Crippen molar-refractivity contribution >= 4 is 16.8 Å². The van der Waals surface area contributed by atoms with Gasteiger partial charge < -0.3 is 5.21 Å². The van der Waals surface area contributed by atoms with Gasteiger partial charge in [-0.1, -0.05) is 77.4 Å². The summed E-state index contributed by atoms with van der Waals surface area (Å²) < 4.78 is 0. The molecule has 0 unspecified atom stereocenters. The summed E-state index contributed by atoms with van der Waals surface area (Å²) in [6.45, 7) is 0. The maximum absolute atomic E-state index is 8.88. The Kier molecular flexibility index (Phi) is 3.78. The van der Waals surface area contributed by atoms with Crippen molar-refractivity contribution in [1.29, 1.82) is 0 Å². The van der Waals surface area contributed by atoms with E-state index in [1.54, 1.807) is 0 Å². The summed E-state index contributed by atoms with van der Waals surface area (Å²) in [5.41, 5.74) is 2.00. The van der Waals surface area contributed by atoms with E-state index in [4.69, 9.17) is 16.8 Å². The molecule has 0 spiro atoms. The van der Waals surface area contributed by atoms with Gasteiger partial charge in [0.15, 0.2) is 5.17 Å². The van der Waals surface area contributed by atoms with Crippen LogP contribution in [0.15, 0.2) is 65.8 Å². The average Bonchev–Trinajstić information content (AvgIpc) is 2.41.